The maximum atomic E-state index is 4.89. The molecule has 1 saturated carbocycles. The van der Waals surface area contributed by atoms with Gasteiger partial charge in [0.25, 0.3) is 0 Å². The molecule has 0 spiro atoms. The SMILES string of the molecule is CC/N=C(/C(C)C)C1CCCC(C(C)C)CCC1CC. The predicted molar refractivity (Wildman–Crippen MR) is 91.5 cm³/mol. The third-order valence-electron chi connectivity index (χ3n) is 5.35. The smallest absolute Gasteiger partial charge is 0.0360 e. The van der Waals surface area contributed by atoms with Gasteiger partial charge in [-0.3, -0.25) is 4.99 Å². The molecule has 20 heavy (non-hydrogen) atoms. The first-order valence-corrected chi connectivity index (χ1v) is 9.05. The summed E-state index contributed by atoms with van der Waals surface area (Å²) in [4.78, 5) is 4.89. The lowest BCUT2D eigenvalue weighted by molar-refractivity contribution is 0.230. The molecule has 0 amide bonds. The van der Waals surface area contributed by atoms with Gasteiger partial charge < -0.3 is 0 Å². The molecule has 1 fully saturated rings. The maximum absolute atomic E-state index is 4.89. The highest BCUT2D eigenvalue weighted by molar-refractivity contribution is 5.88. The van der Waals surface area contributed by atoms with E-state index in [4.69, 9.17) is 4.99 Å². The van der Waals surface area contributed by atoms with E-state index < -0.39 is 0 Å². The Morgan fingerprint density at radius 2 is 1.70 bits per heavy atom. The molecule has 3 atom stereocenters. The fourth-order valence-corrected chi connectivity index (χ4v) is 4.06. The molecule has 0 N–H and O–H groups in total. The van der Waals surface area contributed by atoms with Crippen LogP contribution in [0.1, 0.15) is 80.1 Å². The molecule has 0 aromatic heterocycles. The van der Waals surface area contributed by atoms with Gasteiger partial charge in [0.15, 0.2) is 0 Å². The van der Waals surface area contributed by atoms with Crippen molar-refractivity contribution in [1.29, 1.82) is 0 Å². The zero-order valence-corrected chi connectivity index (χ0v) is 14.8. The topological polar surface area (TPSA) is 12.4 Å². The monoisotopic (exact) mass is 279 g/mol. The Morgan fingerprint density at radius 3 is 2.20 bits per heavy atom. The highest BCUT2D eigenvalue weighted by atomic mass is 14.7. The molecule has 118 valence electrons. The first kappa shape index (κ1) is 17.7. The van der Waals surface area contributed by atoms with Gasteiger partial charge in [0, 0.05) is 12.3 Å². The minimum absolute atomic E-state index is 0.620. The third kappa shape index (κ3) is 4.90. The van der Waals surface area contributed by atoms with Crippen LogP contribution in [0.25, 0.3) is 0 Å². The molecule has 0 bridgehead atoms. The summed E-state index contributed by atoms with van der Waals surface area (Å²) in [7, 11) is 0. The zero-order chi connectivity index (χ0) is 15.1. The number of aliphatic imine (C=N–C) groups is 1. The number of hydrogen-bond acceptors (Lipinski definition) is 1. The summed E-state index contributed by atoms with van der Waals surface area (Å²) in [5.41, 5.74) is 1.52. The van der Waals surface area contributed by atoms with Crippen molar-refractivity contribution in [1.82, 2.24) is 0 Å². The Morgan fingerprint density at radius 1 is 1.00 bits per heavy atom. The summed E-state index contributed by atoms with van der Waals surface area (Å²) < 4.78 is 0. The largest absolute Gasteiger partial charge is 0.294 e. The molecule has 0 radical (unpaired) electrons. The van der Waals surface area contributed by atoms with Gasteiger partial charge in [0.05, 0.1) is 0 Å². The Balaban J connectivity index is 2.82. The lowest BCUT2D eigenvalue weighted by Gasteiger charge is -2.34. The standard InChI is InChI=1S/C19H37N/c1-7-16-12-13-17(14(3)4)10-9-11-18(16)19(15(5)6)20-8-2/h14-18H,7-13H2,1-6H3/b20-19-. The summed E-state index contributed by atoms with van der Waals surface area (Å²) in [5, 5.41) is 0. The number of hydrogen-bond donors (Lipinski definition) is 0. The van der Waals surface area contributed by atoms with Gasteiger partial charge in [0.1, 0.15) is 0 Å². The number of rotatable bonds is 5. The average Bonchev–Trinajstić information content (AvgIpc) is 2.36. The van der Waals surface area contributed by atoms with Crippen molar-refractivity contribution >= 4 is 5.71 Å². The molecule has 0 aromatic rings. The molecular weight excluding hydrogens is 242 g/mol. The highest BCUT2D eigenvalue weighted by Gasteiger charge is 2.29. The number of nitrogens with zero attached hydrogens (tertiary/aromatic N) is 1. The van der Waals surface area contributed by atoms with Crippen LogP contribution in [0, 0.1) is 29.6 Å². The quantitative estimate of drug-likeness (QED) is 0.549. The second-order valence-electron chi connectivity index (χ2n) is 7.34. The molecule has 1 aliphatic carbocycles. The lowest BCUT2D eigenvalue weighted by atomic mass is 9.71. The molecule has 0 heterocycles. The first-order valence-electron chi connectivity index (χ1n) is 9.05. The molecule has 1 rings (SSSR count). The van der Waals surface area contributed by atoms with Gasteiger partial charge in [-0.05, 0) is 55.8 Å². The molecule has 0 saturated heterocycles. The molecule has 0 aromatic carbocycles. The normalized spacial score (nSPS) is 29.6. The second kappa shape index (κ2) is 8.85. The van der Waals surface area contributed by atoms with Crippen LogP contribution in [0.2, 0.25) is 0 Å². The van der Waals surface area contributed by atoms with Crippen molar-refractivity contribution in [3.05, 3.63) is 0 Å². The van der Waals surface area contributed by atoms with Gasteiger partial charge in [-0.1, -0.05) is 53.9 Å². The van der Waals surface area contributed by atoms with Crippen LogP contribution in [-0.4, -0.2) is 12.3 Å². The van der Waals surface area contributed by atoms with E-state index in [0.717, 1.165) is 30.2 Å². The Kier molecular flexibility index (Phi) is 7.84. The van der Waals surface area contributed by atoms with Crippen LogP contribution in [0.4, 0.5) is 0 Å². The van der Waals surface area contributed by atoms with E-state index in [2.05, 4.69) is 41.5 Å². The molecule has 3 unspecified atom stereocenters. The van der Waals surface area contributed by atoms with E-state index in [1.165, 1.54) is 44.2 Å². The van der Waals surface area contributed by atoms with Crippen molar-refractivity contribution in [3.8, 4) is 0 Å². The van der Waals surface area contributed by atoms with Crippen molar-refractivity contribution < 1.29 is 0 Å². The Bertz CT molecular complexity index is 290. The summed E-state index contributed by atoms with van der Waals surface area (Å²) in [6.07, 6.45) is 8.38. The van der Waals surface area contributed by atoms with Crippen molar-refractivity contribution in [3.63, 3.8) is 0 Å². The predicted octanol–water partition coefficient (Wildman–Crippen LogP) is 5.98. The van der Waals surface area contributed by atoms with Crippen LogP contribution in [0.5, 0.6) is 0 Å². The Hall–Kier alpha value is -0.330. The summed E-state index contributed by atoms with van der Waals surface area (Å²) >= 11 is 0. The minimum Gasteiger partial charge on any atom is -0.294 e. The van der Waals surface area contributed by atoms with Crippen LogP contribution >= 0.6 is 0 Å². The van der Waals surface area contributed by atoms with Gasteiger partial charge >= 0.3 is 0 Å². The fourth-order valence-electron chi connectivity index (χ4n) is 4.06. The third-order valence-corrected chi connectivity index (χ3v) is 5.35. The highest BCUT2D eigenvalue weighted by Crippen LogP contribution is 2.37. The van der Waals surface area contributed by atoms with E-state index in [0.29, 0.717) is 5.92 Å². The van der Waals surface area contributed by atoms with E-state index in [1.807, 2.05) is 0 Å². The van der Waals surface area contributed by atoms with Crippen LogP contribution < -0.4 is 0 Å². The summed E-state index contributed by atoms with van der Waals surface area (Å²) in [6.45, 7) is 15.0. The molecular formula is C19H37N. The van der Waals surface area contributed by atoms with Crippen molar-refractivity contribution in [2.45, 2.75) is 80.1 Å². The van der Waals surface area contributed by atoms with E-state index in [9.17, 15) is 0 Å². The van der Waals surface area contributed by atoms with Crippen LogP contribution in [-0.2, 0) is 0 Å². The van der Waals surface area contributed by atoms with Crippen molar-refractivity contribution in [2.75, 3.05) is 6.54 Å². The summed E-state index contributed by atoms with van der Waals surface area (Å²) in [6, 6.07) is 0. The van der Waals surface area contributed by atoms with Gasteiger partial charge in [-0.2, -0.15) is 0 Å². The lowest BCUT2D eigenvalue weighted by Crippen LogP contribution is -2.30. The van der Waals surface area contributed by atoms with Crippen LogP contribution in [0.15, 0.2) is 4.99 Å². The molecule has 1 heteroatoms. The Labute approximate surface area is 127 Å². The molecule has 0 aliphatic heterocycles. The first-order chi connectivity index (χ1) is 9.51. The second-order valence-corrected chi connectivity index (χ2v) is 7.34. The van der Waals surface area contributed by atoms with Gasteiger partial charge in [-0.25, -0.2) is 0 Å². The molecule has 1 aliphatic rings. The van der Waals surface area contributed by atoms with Gasteiger partial charge in [0.2, 0.25) is 0 Å². The van der Waals surface area contributed by atoms with E-state index in [-0.39, 0.29) is 0 Å². The van der Waals surface area contributed by atoms with Crippen LogP contribution in [0.3, 0.4) is 0 Å². The summed E-state index contributed by atoms with van der Waals surface area (Å²) in [5.74, 6) is 4.06. The fraction of sp³-hybridized carbons (Fsp3) is 0.947. The zero-order valence-electron chi connectivity index (χ0n) is 14.8. The molecule has 1 nitrogen and oxygen atoms in total. The average molecular weight is 280 g/mol. The van der Waals surface area contributed by atoms with Crippen molar-refractivity contribution in [2.24, 2.45) is 34.6 Å². The minimum atomic E-state index is 0.620. The maximum Gasteiger partial charge on any atom is 0.0360 e. The van der Waals surface area contributed by atoms with E-state index >= 15 is 0 Å². The van der Waals surface area contributed by atoms with Gasteiger partial charge in [-0.15, -0.1) is 0 Å². The van der Waals surface area contributed by atoms with E-state index in [1.54, 1.807) is 0 Å².